The third-order valence-corrected chi connectivity index (χ3v) is 7.30. The van der Waals surface area contributed by atoms with E-state index in [1.807, 2.05) is 0 Å². The van der Waals surface area contributed by atoms with Crippen LogP contribution in [0.2, 0.25) is 12.1 Å². The molecule has 20 heavy (non-hydrogen) atoms. The van der Waals surface area contributed by atoms with Gasteiger partial charge in [-0.05, 0) is 31.4 Å². The van der Waals surface area contributed by atoms with Crippen molar-refractivity contribution in [2.75, 3.05) is 40.9 Å². The molecule has 0 bridgehead atoms. The molecule has 0 aliphatic carbocycles. The maximum atomic E-state index is 6.29. The molecule has 0 fully saturated rings. The fourth-order valence-electron chi connectivity index (χ4n) is 2.19. The average molecular weight is 305 g/mol. The Morgan fingerprint density at radius 2 is 1.30 bits per heavy atom. The summed E-state index contributed by atoms with van der Waals surface area (Å²) in [6, 6.07) is 2.23. The lowest BCUT2D eigenvalue weighted by Crippen LogP contribution is -2.44. The van der Waals surface area contributed by atoms with Gasteiger partial charge in [0.1, 0.15) is 0 Å². The van der Waals surface area contributed by atoms with Crippen LogP contribution in [0.4, 0.5) is 0 Å². The molecule has 0 aromatic heterocycles. The Labute approximate surface area is 128 Å². The first-order chi connectivity index (χ1) is 9.39. The predicted octanol–water partition coefficient (Wildman–Crippen LogP) is 4.18. The molecule has 0 N–H and O–H groups in total. The summed E-state index contributed by atoms with van der Waals surface area (Å²) >= 11 is 0. The highest BCUT2D eigenvalue weighted by Crippen LogP contribution is 2.22. The van der Waals surface area contributed by atoms with Crippen molar-refractivity contribution in [3.8, 4) is 0 Å². The van der Waals surface area contributed by atoms with Gasteiger partial charge in [0.25, 0.3) is 0 Å². The van der Waals surface area contributed by atoms with E-state index in [9.17, 15) is 0 Å². The van der Waals surface area contributed by atoms with E-state index in [-0.39, 0.29) is 0 Å². The number of rotatable bonds is 13. The zero-order valence-corrected chi connectivity index (χ0v) is 15.8. The molecule has 3 nitrogen and oxygen atoms in total. The lowest BCUT2D eigenvalue weighted by atomic mass is 10.4. The van der Waals surface area contributed by atoms with Gasteiger partial charge in [0.2, 0.25) is 0 Å². The molecular weight excluding hydrogens is 266 g/mol. The van der Waals surface area contributed by atoms with E-state index in [2.05, 4.69) is 41.9 Å². The van der Waals surface area contributed by atoms with E-state index in [0.717, 1.165) is 42.6 Å². The highest BCUT2D eigenvalue weighted by molar-refractivity contribution is 6.67. The minimum Gasteiger partial charge on any atom is -0.394 e. The van der Waals surface area contributed by atoms with Crippen molar-refractivity contribution in [2.45, 2.75) is 65.0 Å². The van der Waals surface area contributed by atoms with E-state index < -0.39 is 8.56 Å². The smallest absolute Gasteiger partial charge is 0.338 e. The Balaban J connectivity index is 4.38. The third kappa shape index (κ3) is 9.92. The summed E-state index contributed by atoms with van der Waals surface area (Å²) < 4.78 is 13.6. The van der Waals surface area contributed by atoms with Crippen molar-refractivity contribution in [1.29, 1.82) is 0 Å². The van der Waals surface area contributed by atoms with Crippen LogP contribution in [0.15, 0.2) is 0 Å². The molecule has 0 radical (unpaired) electrons. The van der Waals surface area contributed by atoms with Gasteiger partial charge in [0.15, 0.2) is 0 Å². The van der Waals surface area contributed by atoms with Crippen LogP contribution in [0.25, 0.3) is 0 Å². The number of nitrogens with zero attached hydrogens (tertiary/aromatic N) is 1. The van der Waals surface area contributed by atoms with Crippen LogP contribution in [0.5, 0.6) is 0 Å². The molecule has 0 aliphatic heterocycles. The fourth-order valence-corrected chi connectivity index (χ4v) is 5.06. The maximum absolute atomic E-state index is 6.29. The Morgan fingerprint density at radius 1 is 0.800 bits per heavy atom. The van der Waals surface area contributed by atoms with Gasteiger partial charge in [0, 0.05) is 13.2 Å². The summed E-state index contributed by atoms with van der Waals surface area (Å²) in [6.07, 6.45) is 5.91. The minimum absolute atomic E-state index is 0.882. The van der Waals surface area contributed by atoms with Crippen molar-refractivity contribution < 1.29 is 13.3 Å². The molecule has 0 saturated heterocycles. The second-order valence-corrected chi connectivity index (χ2v) is 10.4. The molecule has 0 heterocycles. The lowest BCUT2D eigenvalue weighted by molar-refractivity contribution is -0.870. The first kappa shape index (κ1) is 20.1. The maximum Gasteiger partial charge on any atom is 0.338 e. The van der Waals surface area contributed by atoms with Crippen LogP contribution < -0.4 is 0 Å². The van der Waals surface area contributed by atoms with Crippen LogP contribution in [-0.2, 0) is 8.85 Å². The van der Waals surface area contributed by atoms with Gasteiger partial charge in [-0.1, -0.05) is 33.6 Å². The van der Waals surface area contributed by atoms with E-state index in [1.54, 1.807) is 0 Å². The normalized spacial score (nSPS) is 12.9. The lowest BCUT2D eigenvalue weighted by Gasteiger charge is -2.31. The zero-order valence-electron chi connectivity index (χ0n) is 14.8. The van der Waals surface area contributed by atoms with Gasteiger partial charge in [-0.2, -0.15) is 0 Å². The van der Waals surface area contributed by atoms with Crippen LogP contribution in [-0.4, -0.2) is 53.9 Å². The van der Waals surface area contributed by atoms with Crippen molar-refractivity contribution >= 4 is 8.56 Å². The SMILES string of the molecule is CCCCO[Si](CC)(CCC[N+](C)(C)C)OCCCC. The van der Waals surface area contributed by atoms with Gasteiger partial charge >= 0.3 is 8.56 Å². The van der Waals surface area contributed by atoms with Gasteiger partial charge in [0.05, 0.1) is 27.7 Å². The summed E-state index contributed by atoms with van der Waals surface area (Å²) in [4.78, 5) is 0. The number of hydrogen-bond donors (Lipinski definition) is 0. The van der Waals surface area contributed by atoms with E-state index in [4.69, 9.17) is 8.85 Å². The molecule has 0 rings (SSSR count). The molecule has 0 aliphatic rings. The van der Waals surface area contributed by atoms with Crippen LogP contribution in [0.1, 0.15) is 52.9 Å². The van der Waals surface area contributed by atoms with Crippen molar-refractivity contribution in [1.82, 2.24) is 0 Å². The summed E-state index contributed by atoms with van der Waals surface area (Å²) in [6.45, 7) is 9.64. The molecule has 0 spiro atoms. The Hall–Kier alpha value is 0.0969. The highest BCUT2D eigenvalue weighted by atomic mass is 28.4. The molecule has 0 aromatic carbocycles. The number of quaternary nitrogens is 1. The minimum atomic E-state index is -1.95. The summed E-state index contributed by atoms with van der Waals surface area (Å²) in [7, 11) is 4.81. The van der Waals surface area contributed by atoms with Crippen molar-refractivity contribution in [3.63, 3.8) is 0 Å². The van der Waals surface area contributed by atoms with Gasteiger partial charge < -0.3 is 13.3 Å². The monoisotopic (exact) mass is 304 g/mol. The van der Waals surface area contributed by atoms with Crippen LogP contribution >= 0.6 is 0 Å². The molecule has 122 valence electrons. The topological polar surface area (TPSA) is 18.5 Å². The van der Waals surface area contributed by atoms with Crippen molar-refractivity contribution in [3.05, 3.63) is 0 Å². The first-order valence-corrected chi connectivity index (χ1v) is 10.7. The van der Waals surface area contributed by atoms with Gasteiger partial charge in [-0.3, -0.25) is 0 Å². The summed E-state index contributed by atoms with van der Waals surface area (Å²) in [5.74, 6) is 0. The van der Waals surface area contributed by atoms with Gasteiger partial charge in [-0.15, -0.1) is 0 Å². The van der Waals surface area contributed by atoms with E-state index in [0.29, 0.717) is 0 Å². The Kier molecular flexibility index (Phi) is 10.8. The largest absolute Gasteiger partial charge is 0.394 e. The first-order valence-electron chi connectivity index (χ1n) is 8.47. The summed E-state index contributed by atoms with van der Waals surface area (Å²) in [5.41, 5.74) is 0. The molecule has 4 heteroatoms. The molecule has 0 saturated carbocycles. The van der Waals surface area contributed by atoms with Crippen LogP contribution in [0, 0.1) is 0 Å². The zero-order chi connectivity index (χ0) is 15.5. The molecule has 0 aromatic rings. The Bertz CT molecular complexity index is 219. The number of hydrogen-bond acceptors (Lipinski definition) is 2. The van der Waals surface area contributed by atoms with Gasteiger partial charge in [-0.25, -0.2) is 0 Å². The second kappa shape index (κ2) is 10.8. The Morgan fingerprint density at radius 3 is 1.65 bits per heavy atom. The highest BCUT2D eigenvalue weighted by Gasteiger charge is 2.35. The van der Waals surface area contributed by atoms with E-state index >= 15 is 0 Å². The second-order valence-electron chi connectivity index (χ2n) is 6.79. The average Bonchev–Trinajstić information content (AvgIpc) is 2.37. The van der Waals surface area contributed by atoms with Crippen molar-refractivity contribution in [2.24, 2.45) is 0 Å². The standard InChI is InChI=1S/C16H38NO2Si/c1-7-10-14-18-20(9-3,19-15-11-8-2)16-12-13-17(4,5)6/h7-16H2,1-6H3/q+1. The fraction of sp³-hybridized carbons (Fsp3) is 1.00. The summed E-state index contributed by atoms with van der Waals surface area (Å²) in [5, 5.41) is 0. The van der Waals surface area contributed by atoms with E-state index in [1.165, 1.54) is 25.8 Å². The third-order valence-electron chi connectivity index (χ3n) is 3.65. The predicted molar refractivity (Wildman–Crippen MR) is 90.3 cm³/mol. The molecule has 0 amide bonds. The quantitative estimate of drug-likeness (QED) is 0.289. The van der Waals surface area contributed by atoms with Crippen LogP contribution in [0.3, 0.4) is 0 Å². The molecule has 0 atom stereocenters. The number of unbranched alkanes of at least 4 members (excludes halogenated alkanes) is 2. The molecule has 0 unspecified atom stereocenters. The molecular formula is C16H38NO2Si+.